The van der Waals surface area contributed by atoms with Crippen LogP contribution in [0.3, 0.4) is 0 Å². The summed E-state index contributed by atoms with van der Waals surface area (Å²) in [5.41, 5.74) is 1.23. The standard InChI is InChI=1S/C14H21NO2/c1-10-9-17-13-6-4-3-5-12(13)14(10)15-8-7-11(2)16/h3-6,10-11,14-16H,7-9H2,1-2H3. The largest absolute Gasteiger partial charge is 0.493 e. The minimum atomic E-state index is -0.243. The molecule has 0 aromatic heterocycles. The highest BCUT2D eigenvalue weighted by molar-refractivity contribution is 5.37. The quantitative estimate of drug-likeness (QED) is 0.840. The Labute approximate surface area is 103 Å². The van der Waals surface area contributed by atoms with Crippen LogP contribution in [0.15, 0.2) is 24.3 Å². The third-order valence-corrected chi connectivity index (χ3v) is 3.25. The van der Waals surface area contributed by atoms with Gasteiger partial charge in [-0.1, -0.05) is 25.1 Å². The molecule has 1 aromatic rings. The van der Waals surface area contributed by atoms with Crippen LogP contribution in [0.5, 0.6) is 5.75 Å². The van der Waals surface area contributed by atoms with Crippen LogP contribution in [0.1, 0.15) is 31.9 Å². The molecule has 2 rings (SSSR count). The first kappa shape index (κ1) is 12.4. The normalized spacial score (nSPS) is 24.9. The van der Waals surface area contributed by atoms with Gasteiger partial charge in [0, 0.05) is 17.5 Å². The van der Waals surface area contributed by atoms with E-state index in [1.54, 1.807) is 0 Å². The van der Waals surface area contributed by atoms with E-state index < -0.39 is 0 Å². The highest BCUT2D eigenvalue weighted by Crippen LogP contribution is 2.34. The second-order valence-corrected chi connectivity index (χ2v) is 4.90. The minimum Gasteiger partial charge on any atom is -0.493 e. The Bertz CT molecular complexity index is 365. The predicted molar refractivity (Wildman–Crippen MR) is 68.1 cm³/mol. The molecule has 2 N–H and O–H groups in total. The SMILES string of the molecule is CC(O)CCNC1c2ccccc2OCC1C. The Hall–Kier alpha value is -1.06. The number of para-hydroxylation sites is 1. The molecule has 0 saturated carbocycles. The van der Waals surface area contributed by atoms with Gasteiger partial charge in [-0.05, 0) is 26.0 Å². The van der Waals surface area contributed by atoms with Gasteiger partial charge in [0.15, 0.2) is 0 Å². The topological polar surface area (TPSA) is 41.5 Å². The number of aliphatic hydroxyl groups is 1. The van der Waals surface area contributed by atoms with Crippen molar-refractivity contribution in [3.05, 3.63) is 29.8 Å². The summed E-state index contributed by atoms with van der Waals surface area (Å²) >= 11 is 0. The summed E-state index contributed by atoms with van der Waals surface area (Å²) in [6, 6.07) is 8.51. The zero-order valence-electron chi connectivity index (χ0n) is 10.5. The zero-order valence-corrected chi connectivity index (χ0v) is 10.5. The van der Waals surface area contributed by atoms with Gasteiger partial charge in [-0.2, -0.15) is 0 Å². The van der Waals surface area contributed by atoms with Crippen LogP contribution >= 0.6 is 0 Å². The van der Waals surface area contributed by atoms with Crippen molar-refractivity contribution in [1.82, 2.24) is 5.32 Å². The molecule has 3 nitrogen and oxygen atoms in total. The average molecular weight is 235 g/mol. The van der Waals surface area contributed by atoms with Gasteiger partial charge in [0.05, 0.1) is 12.7 Å². The van der Waals surface area contributed by atoms with Gasteiger partial charge in [0.25, 0.3) is 0 Å². The van der Waals surface area contributed by atoms with Crippen LogP contribution in [0.2, 0.25) is 0 Å². The van der Waals surface area contributed by atoms with Crippen molar-refractivity contribution in [1.29, 1.82) is 0 Å². The van der Waals surface area contributed by atoms with Gasteiger partial charge < -0.3 is 15.2 Å². The van der Waals surface area contributed by atoms with E-state index in [4.69, 9.17) is 4.74 Å². The summed E-state index contributed by atoms with van der Waals surface area (Å²) in [4.78, 5) is 0. The molecule has 0 spiro atoms. The molecule has 1 aromatic carbocycles. The second kappa shape index (κ2) is 5.52. The lowest BCUT2D eigenvalue weighted by Gasteiger charge is -2.32. The molecule has 0 amide bonds. The van der Waals surface area contributed by atoms with Crippen LogP contribution in [-0.2, 0) is 0 Å². The molecule has 3 heteroatoms. The van der Waals surface area contributed by atoms with Gasteiger partial charge in [0.2, 0.25) is 0 Å². The molecule has 1 heterocycles. The number of nitrogens with one attached hydrogen (secondary N) is 1. The second-order valence-electron chi connectivity index (χ2n) is 4.90. The lowest BCUT2D eigenvalue weighted by Crippen LogP contribution is -2.35. The lowest BCUT2D eigenvalue weighted by molar-refractivity contribution is 0.166. The molecule has 1 aliphatic rings. The molecule has 0 saturated heterocycles. The summed E-state index contributed by atoms with van der Waals surface area (Å²) < 4.78 is 5.70. The fourth-order valence-corrected chi connectivity index (χ4v) is 2.25. The summed E-state index contributed by atoms with van der Waals surface area (Å²) in [5.74, 6) is 1.44. The number of ether oxygens (including phenoxy) is 1. The van der Waals surface area contributed by atoms with E-state index >= 15 is 0 Å². The lowest BCUT2D eigenvalue weighted by atomic mass is 9.92. The van der Waals surface area contributed by atoms with Crippen LogP contribution in [0.25, 0.3) is 0 Å². The van der Waals surface area contributed by atoms with Crippen molar-refractivity contribution < 1.29 is 9.84 Å². The molecule has 1 aliphatic heterocycles. The van der Waals surface area contributed by atoms with Crippen molar-refractivity contribution in [3.63, 3.8) is 0 Å². The molecule has 3 unspecified atom stereocenters. The number of fused-ring (bicyclic) bond motifs is 1. The van der Waals surface area contributed by atoms with Crippen molar-refractivity contribution >= 4 is 0 Å². The molecule has 0 radical (unpaired) electrons. The van der Waals surface area contributed by atoms with E-state index in [2.05, 4.69) is 18.3 Å². The third kappa shape index (κ3) is 2.99. The van der Waals surface area contributed by atoms with Gasteiger partial charge >= 0.3 is 0 Å². The van der Waals surface area contributed by atoms with Gasteiger partial charge in [-0.15, -0.1) is 0 Å². The van der Waals surface area contributed by atoms with Crippen LogP contribution in [0, 0.1) is 5.92 Å². The maximum absolute atomic E-state index is 9.28. The summed E-state index contributed by atoms with van der Waals surface area (Å²) in [6.07, 6.45) is 0.541. The highest BCUT2D eigenvalue weighted by atomic mass is 16.5. The Kier molecular flexibility index (Phi) is 4.02. The Morgan fingerprint density at radius 2 is 2.24 bits per heavy atom. The van der Waals surface area contributed by atoms with Crippen LogP contribution in [-0.4, -0.2) is 24.4 Å². The molecule has 0 aliphatic carbocycles. The minimum absolute atomic E-state index is 0.243. The number of benzene rings is 1. The highest BCUT2D eigenvalue weighted by Gasteiger charge is 2.26. The smallest absolute Gasteiger partial charge is 0.124 e. The number of aliphatic hydroxyl groups excluding tert-OH is 1. The van der Waals surface area contributed by atoms with Gasteiger partial charge in [-0.3, -0.25) is 0 Å². The zero-order chi connectivity index (χ0) is 12.3. The Morgan fingerprint density at radius 1 is 1.47 bits per heavy atom. The maximum Gasteiger partial charge on any atom is 0.124 e. The molecule has 0 bridgehead atoms. The maximum atomic E-state index is 9.28. The average Bonchev–Trinajstić information content (AvgIpc) is 2.32. The van der Waals surface area contributed by atoms with Crippen LogP contribution < -0.4 is 10.1 Å². The van der Waals surface area contributed by atoms with E-state index in [1.165, 1.54) is 5.56 Å². The van der Waals surface area contributed by atoms with Crippen molar-refractivity contribution in [2.45, 2.75) is 32.4 Å². The third-order valence-electron chi connectivity index (χ3n) is 3.25. The van der Waals surface area contributed by atoms with Gasteiger partial charge in [-0.25, -0.2) is 0 Å². The number of hydrogen-bond acceptors (Lipinski definition) is 3. The number of hydrogen-bond donors (Lipinski definition) is 2. The molecule has 94 valence electrons. The molecule has 3 atom stereocenters. The predicted octanol–water partition coefficient (Wildman–Crippen LogP) is 2.12. The van der Waals surface area contributed by atoms with E-state index in [0.717, 1.165) is 25.3 Å². The van der Waals surface area contributed by atoms with E-state index in [9.17, 15) is 5.11 Å². The molecule has 0 fully saturated rings. The summed E-state index contributed by atoms with van der Waals surface area (Å²) in [7, 11) is 0. The first-order valence-corrected chi connectivity index (χ1v) is 6.31. The molecule has 17 heavy (non-hydrogen) atoms. The fourth-order valence-electron chi connectivity index (χ4n) is 2.25. The Balaban J connectivity index is 2.05. The molecular formula is C14H21NO2. The Morgan fingerprint density at radius 3 is 3.00 bits per heavy atom. The van der Waals surface area contributed by atoms with E-state index in [1.807, 2.05) is 25.1 Å². The summed E-state index contributed by atoms with van der Waals surface area (Å²) in [6.45, 7) is 5.60. The first-order valence-electron chi connectivity index (χ1n) is 6.31. The van der Waals surface area contributed by atoms with Crippen molar-refractivity contribution in [2.24, 2.45) is 5.92 Å². The van der Waals surface area contributed by atoms with E-state index in [-0.39, 0.29) is 6.10 Å². The monoisotopic (exact) mass is 235 g/mol. The first-order chi connectivity index (χ1) is 8.18. The fraction of sp³-hybridized carbons (Fsp3) is 0.571. The van der Waals surface area contributed by atoms with E-state index in [0.29, 0.717) is 12.0 Å². The van der Waals surface area contributed by atoms with Gasteiger partial charge in [0.1, 0.15) is 5.75 Å². The van der Waals surface area contributed by atoms with Crippen LogP contribution in [0.4, 0.5) is 0 Å². The van der Waals surface area contributed by atoms with Crippen molar-refractivity contribution in [2.75, 3.05) is 13.2 Å². The number of rotatable bonds is 4. The van der Waals surface area contributed by atoms with Crippen molar-refractivity contribution in [3.8, 4) is 5.75 Å². The molecular weight excluding hydrogens is 214 g/mol. The summed E-state index contributed by atoms with van der Waals surface area (Å²) in [5, 5.41) is 12.8.